The van der Waals surface area contributed by atoms with E-state index in [1.807, 2.05) is 30.9 Å². The van der Waals surface area contributed by atoms with Gasteiger partial charge in [-0.2, -0.15) is 0 Å². The van der Waals surface area contributed by atoms with Gasteiger partial charge in [0.1, 0.15) is 5.82 Å². The third-order valence-corrected chi connectivity index (χ3v) is 6.82. The van der Waals surface area contributed by atoms with Gasteiger partial charge in [-0.3, -0.25) is 9.59 Å². The van der Waals surface area contributed by atoms with Gasteiger partial charge in [-0.25, -0.2) is 4.39 Å². The maximum Gasteiger partial charge on any atom is 0.228 e. The third kappa shape index (κ3) is 4.36. The lowest BCUT2D eigenvalue weighted by Gasteiger charge is -2.33. The van der Waals surface area contributed by atoms with Crippen LogP contribution in [0.25, 0.3) is 0 Å². The molecule has 2 amide bonds. The maximum absolute atomic E-state index is 13.2. The first kappa shape index (κ1) is 20.9. The molecule has 1 aliphatic heterocycles. The smallest absolute Gasteiger partial charge is 0.228 e. The summed E-state index contributed by atoms with van der Waals surface area (Å²) in [6.45, 7) is 5.33. The minimum Gasteiger partial charge on any atom is -0.342 e. The summed E-state index contributed by atoms with van der Waals surface area (Å²) in [7, 11) is 0. The standard InChI is InChI=1S/C24H26ClFN2O2/c1-15-9-16(2)11-19(10-15)27-23(30)20-14-24(20)5-7-28(8-6-24)22(29)12-17-3-4-18(26)13-21(17)25/h3-4,9-11,13,20H,5-8,12,14H2,1-2H3,(H,27,30). The number of amides is 2. The van der Waals surface area contributed by atoms with Crippen LogP contribution in [0.1, 0.15) is 36.0 Å². The van der Waals surface area contributed by atoms with Crippen LogP contribution in [0.4, 0.5) is 10.1 Å². The van der Waals surface area contributed by atoms with Crippen LogP contribution in [0.15, 0.2) is 36.4 Å². The molecule has 4 nitrogen and oxygen atoms in total. The summed E-state index contributed by atoms with van der Waals surface area (Å²) >= 11 is 6.05. The SMILES string of the molecule is Cc1cc(C)cc(NC(=O)C2CC23CCN(C(=O)Cc2ccc(F)cc2Cl)CC3)c1. The van der Waals surface area contributed by atoms with Crippen molar-refractivity contribution in [1.29, 1.82) is 0 Å². The number of hydrogen-bond donors (Lipinski definition) is 1. The molecule has 2 aromatic rings. The van der Waals surface area contributed by atoms with Gasteiger partial charge in [-0.1, -0.05) is 23.7 Å². The Kier molecular flexibility index (Phi) is 5.58. The van der Waals surface area contributed by atoms with Crippen molar-refractivity contribution in [3.05, 3.63) is 63.9 Å². The molecule has 0 bridgehead atoms. The number of nitrogens with zero attached hydrogens (tertiary/aromatic N) is 1. The fourth-order valence-electron chi connectivity index (χ4n) is 4.69. The first-order chi connectivity index (χ1) is 14.3. The molecule has 2 fully saturated rings. The number of carbonyl (C=O) groups excluding carboxylic acids is 2. The summed E-state index contributed by atoms with van der Waals surface area (Å²) in [6.07, 6.45) is 2.72. The molecule has 158 valence electrons. The fraction of sp³-hybridized carbons (Fsp3) is 0.417. The predicted octanol–water partition coefficient (Wildman–Crippen LogP) is 4.91. The Labute approximate surface area is 181 Å². The van der Waals surface area contributed by atoms with E-state index in [0.717, 1.165) is 36.1 Å². The zero-order chi connectivity index (χ0) is 21.5. The Hall–Kier alpha value is -2.40. The number of likely N-dealkylation sites (tertiary alicyclic amines) is 1. The number of rotatable bonds is 4. The van der Waals surface area contributed by atoms with Gasteiger partial charge < -0.3 is 10.2 Å². The van der Waals surface area contributed by atoms with E-state index in [0.29, 0.717) is 18.7 Å². The van der Waals surface area contributed by atoms with Gasteiger partial charge in [-0.15, -0.1) is 0 Å². The van der Waals surface area contributed by atoms with Crippen molar-refractivity contribution in [2.24, 2.45) is 11.3 Å². The van der Waals surface area contributed by atoms with Gasteiger partial charge in [0.15, 0.2) is 0 Å². The molecule has 4 rings (SSSR count). The molecule has 1 atom stereocenters. The quantitative estimate of drug-likeness (QED) is 0.752. The van der Waals surface area contributed by atoms with E-state index in [9.17, 15) is 14.0 Å². The van der Waals surface area contributed by atoms with E-state index < -0.39 is 5.82 Å². The van der Waals surface area contributed by atoms with Crippen LogP contribution < -0.4 is 5.32 Å². The van der Waals surface area contributed by atoms with Gasteiger partial charge in [0.2, 0.25) is 11.8 Å². The minimum absolute atomic E-state index is 0.00440. The van der Waals surface area contributed by atoms with Crippen LogP contribution in [0.3, 0.4) is 0 Å². The molecule has 1 spiro atoms. The van der Waals surface area contributed by atoms with Crippen molar-refractivity contribution in [1.82, 2.24) is 4.90 Å². The summed E-state index contributed by atoms with van der Waals surface area (Å²) < 4.78 is 13.2. The van der Waals surface area contributed by atoms with Gasteiger partial charge >= 0.3 is 0 Å². The summed E-state index contributed by atoms with van der Waals surface area (Å²) in [5.74, 6) is -0.315. The first-order valence-electron chi connectivity index (χ1n) is 10.4. The van der Waals surface area contributed by atoms with E-state index in [4.69, 9.17) is 11.6 Å². The highest BCUT2D eigenvalue weighted by Gasteiger charge is 2.58. The predicted molar refractivity (Wildman–Crippen MR) is 116 cm³/mol. The number of halogens is 2. The van der Waals surface area contributed by atoms with Crippen LogP contribution in [0, 0.1) is 31.0 Å². The van der Waals surface area contributed by atoms with Crippen LogP contribution >= 0.6 is 11.6 Å². The molecule has 1 aliphatic carbocycles. The highest BCUT2D eigenvalue weighted by molar-refractivity contribution is 6.31. The molecule has 2 aliphatic rings. The zero-order valence-corrected chi connectivity index (χ0v) is 18.1. The Bertz CT molecular complexity index is 978. The van der Waals surface area contributed by atoms with Crippen molar-refractivity contribution >= 4 is 29.1 Å². The van der Waals surface area contributed by atoms with Crippen LogP contribution in [-0.2, 0) is 16.0 Å². The van der Waals surface area contributed by atoms with E-state index in [1.54, 1.807) is 6.07 Å². The number of benzene rings is 2. The molecule has 1 heterocycles. The Morgan fingerprint density at radius 2 is 1.80 bits per heavy atom. The molecule has 6 heteroatoms. The van der Waals surface area contributed by atoms with E-state index in [2.05, 4.69) is 11.4 Å². The zero-order valence-electron chi connectivity index (χ0n) is 17.3. The van der Waals surface area contributed by atoms with Crippen molar-refractivity contribution < 1.29 is 14.0 Å². The lowest BCUT2D eigenvalue weighted by atomic mass is 9.90. The monoisotopic (exact) mass is 428 g/mol. The minimum atomic E-state index is -0.407. The fourth-order valence-corrected chi connectivity index (χ4v) is 4.92. The van der Waals surface area contributed by atoms with Crippen molar-refractivity contribution in [2.45, 2.75) is 39.5 Å². The number of carbonyl (C=O) groups is 2. The van der Waals surface area contributed by atoms with E-state index in [1.165, 1.54) is 12.1 Å². The maximum atomic E-state index is 13.2. The third-order valence-electron chi connectivity index (χ3n) is 6.46. The first-order valence-corrected chi connectivity index (χ1v) is 10.7. The molecule has 1 N–H and O–H groups in total. The average Bonchev–Trinajstić information content (AvgIpc) is 3.37. The average molecular weight is 429 g/mol. The van der Waals surface area contributed by atoms with Crippen molar-refractivity contribution in [3.8, 4) is 0 Å². The Balaban J connectivity index is 1.31. The topological polar surface area (TPSA) is 49.4 Å². The number of piperidine rings is 1. The van der Waals surface area contributed by atoms with Crippen LogP contribution in [0.5, 0.6) is 0 Å². The summed E-state index contributed by atoms with van der Waals surface area (Å²) in [4.78, 5) is 27.2. The molecule has 0 radical (unpaired) electrons. The molecule has 1 unspecified atom stereocenters. The molecule has 2 aromatic carbocycles. The number of anilines is 1. The largest absolute Gasteiger partial charge is 0.342 e. The van der Waals surface area contributed by atoms with Gasteiger partial charge in [0.25, 0.3) is 0 Å². The van der Waals surface area contributed by atoms with Gasteiger partial charge in [0, 0.05) is 29.7 Å². The van der Waals surface area contributed by atoms with E-state index >= 15 is 0 Å². The summed E-state index contributed by atoms with van der Waals surface area (Å²) in [6, 6.07) is 10.2. The summed E-state index contributed by atoms with van der Waals surface area (Å²) in [5.41, 5.74) is 3.77. The van der Waals surface area contributed by atoms with Crippen LogP contribution in [-0.4, -0.2) is 29.8 Å². The number of nitrogens with one attached hydrogen (secondary N) is 1. The normalized spacial score (nSPS) is 19.6. The highest BCUT2D eigenvalue weighted by Crippen LogP contribution is 2.59. The Morgan fingerprint density at radius 3 is 2.43 bits per heavy atom. The lowest BCUT2D eigenvalue weighted by Crippen LogP contribution is -2.41. The second kappa shape index (κ2) is 8.03. The second-order valence-corrected chi connectivity index (χ2v) is 9.19. The van der Waals surface area contributed by atoms with Crippen molar-refractivity contribution in [2.75, 3.05) is 18.4 Å². The molecule has 1 saturated carbocycles. The number of aryl methyl sites for hydroxylation is 2. The molecular weight excluding hydrogens is 403 g/mol. The molecule has 0 aromatic heterocycles. The van der Waals surface area contributed by atoms with E-state index in [-0.39, 0.29) is 34.6 Å². The highest BCUT2D eigenvalue weighted by atomic mass is 35.5. The Morgan fingerprint density at radius 1 is 1.13 bits per heavy atom. The van der Waals surface area contributed by atoms with Crippen LogP contribution in [0.2, 0.25) is 5.02 Å². The lowest BCUT2D eigenvalue weighted by molar-refractivity contribution is -0.132. The van der Waals surface area contributed by atoms with Gasteiger partial charge in [0.05, 0.1) is 6.42 Å². The molecule has 30 heavy (non-hydrogen) atoms. The molecule has 1 saturated heterocycles. The number of hydrogen-bond acceptors (Lipinski definition) is 2. The van der Waals surface area contributed by atoms with Crippen molar-refractivity contribution in [3.63, 3.8) is 0 Å². The van der Waals surface area contributed by atoms with Gasteiger partial charge in [-0.05, 0) is 79.5 Å². The summed E-state index contributed by atoms with van der Waals surface area (Å²) in [5, 5.41) is 3.35. The molecular formula is C24H26ClFN2O2. The second-order valence-electron chi connectivity index (χ2n) is 8.78.